The highest BCUT2D eigenvalue weighted by Crippen LogP contribution is 2.21. The SMILES string of the molecule is CC(c1ccc(F)c(F)c1)N(C)C(=O)CN1CCN(S(=O)(=O)Cc2ccccc2)CC1. The predicted molar refractivity (Wildman–Crippen MR) is 115 cm³/mol. The molecule has 0 radical (unpaired) electrons. The van der Waals surface area contributed by atoms with Gasteiger partial charge in [-0.1, -0.05) is 36.4 Å². The van der Waals surface area contributed by atoms with Crippen LogP contribution in [0.1, 0.15) is 24.1 Å². The number of rotatable bonds is 7. The lowest BCUT2D eigenvalue weighted by Gasteiger charge is -2.35. The third-order valence-corrected chi connectivity index (χ3v) is 7.53. The van der Waals surface area contributed by atoms with Crippen LogP contribution in [0.2, 0.25) is 0 Å². The highest BCUT2D eigenvalue weighted by atomic mass is 32.2. The molecule has 3 rings (SSSR count). The summed E-state index contributed by atoms with van der Waals surface area (Å²) < 4.78 is 53.5. The van der Waals surface area contributed by atoms with Gasteiger partial charge in [0.25, 0.3) is 0 Å². The van der Waals surface area contributed by atoms with Gasteiger partial charge < -0.3 is 4.90 Å². The van der Waals surface area contributed by atoms with Crippen molar-refractivity contribution < 1.29 is 22.0 Å². The van der Waals surface area contributed by atoms with Crippen LogP contribution >= 0.6 is 0 Å². The Labute approximate surface area is 182 Å². The summed E-state index contributed by atoms with van der Waals surface area (Å²) in [5.74, 6) is -2.08. The first-order valence-corrected chi connectivity index (χ1v) is 11.7. The third-order valence-electron chi connectivity index (χ3n) is 5.68. The van der Waals surface area contributed by atoms with E-state index in [1.165, 1.54) is 15.3 Å². The minimum atomic E-state index is -3.42. The summed E-state index contributed by atoms with van der Waals surface area (Å²) in [7, 11) is -1.80. The molecule has 2 aromatic rings. The molecule has 0 spiro atoms. The number of hydrogen-bond donors (Lipinski definition) is 0. The number of sulfonamides is 1. The second-order valence-electron chi connectivity index (χ2n) is 7.77. The maximum atomic E-state index is 13.5. The molecular weight excluding hydrogens is 424 g/mol. The molecule has 1 unspecified atom stereocenters. The Bertz CT molecular complexity index is 1010. The molecule has 9 heteroatoms. The fraction of sp³-hybridized carbons (Fsp3) is 0.409. The molecule has 2 aromatic carbocycles. The molecule has 1 aliphatic heterocycles. The monoisotopic (exact) mass is 451 g/mol. The van der Waals surface area contributed by atoms with Crippen molar-refractivity contribution in [3.63, 3.8) is 0 Å². The number of benzene rings is 2. The molecule has 168 valence electrons. The van der Waals surface area contributed by atoms with E-state index in [1.54, 1.807) is 26.1 Å². The first kappa shape index (κ1) is 23.3. The fourth-order valence-electron chi connectivity index (χ4n) is 3.56. The minimum Gasteiger partial charge on any atom is -0.338 e. The van der Waals surface area contributed by atoms with Crippen molar-refractivity contribution in [3.05, 3.63) is 71.3 Å². The van der Waals surface area contributed by atoms with E-state index in [2.05, 4.69) is 0 Å². The van der Waals surface area contributed by atoms with E-state index < -0.39 is 27.7 Å². The summed E-state index contributed by atoms with van der Waals surface area (Å²) in [6.07, 6.45) is 0. The minimum absolute atomic E-state index is 0.0404. The van der Waals surface area contributed by atoms with Crippen LogP contribution in [-0.4, -0.2) is 68.2 Å². The van der Waals surface area contributed by atoms with Gasteiger partial charge in [-0.05, 0) is 30.2 Å². The second kappa shape index (κ2) is 9.84. The molecule has 31 heavy (non-hydrogen) atoms. The summed E-state index contributed by atoms with van der Waals surface area (Å²) in [6, 6.07) is 12.2. The van der Waals surface area contributed by atoms with E-state index in [0.29, 0.717) is 31.7 Å². The van der Waals surface area contributed by atoms with Crippen LogP contribution in [-0.2, 0) is 20.6 Å². The van der Waals surface area contributed by atoms with E-state index in [1.807, 2.05) is 23.1 Å². The molecule has 0 aliphatic carbocycles. The Hall–Kier alpha value is -2.36. The van der Waals surface area contributed by atoms with Gasteiger partial charge in [0.1, 0.15) is 0 Å². The Morgan fingerprint density at radius 1 is 1.03 bits per heavy atom. The van der Waals surface area contributed by atoms with Crippen molar-refractivity contribution in [1.29, 1.82) is 0 Å². The molecule has 1 aliphatic rings. The lowest BCUT2D eigenvalue weighted by molar-refractivity contribution is -0.133. The van der Waals surface area contributed by atoms with Gasteiger partial charge in [0.2, 0.25) is 15.9 Å². The number of piperazine rings is 1. The summed E-state index contributed by atoms with van der Waals surface area (Å²) in [6.45, 7) is 3.44. The summed E-state index contributed by atoms with van der Waals surface area (Å²) in [5.41, 5.74) is 1.25. The van der Waals surface area contributed by atoms with Crippen molar-refractivity contribution in [3.8, 4) is 0 Å². The van der Waals surface area contributed by atoms with E-state index in [9.17, 15) is 22.0 Å². The zero-order valence-electron chi connectivity index (χ0n) is 17.7. The van der Waals surface area contributed by atoms with Crippen LogP contribution in [0.15, 0.2) is 48.5 Å². The van der Waals surface area contributed by atoms with Gasteiger partial charge in [-0.3, -0.25) is 9.69 Å². The topological polar surface area (TPSA) is 60.9 Å². The lowest BCUT2D eigenvalue weighted by Crippen LogP contribution is -2.51. The Morgan fingerprint density at radius 2 is 1.68 bits per heavy atom. The quantitative estimate of drug-likeness (QED) is 0.650. The number of nitrogens with zero attached hydrogens (tertiary/aromatic N) is 3. The van der Waals surface area contributed by atoms with Crippen LogP contribution in [0.3, 0.4) is 0 Å². The summed E-state index contributed by atoms with van der Waals surface area (Å²) in [5, 5.41) is 0. The number of hydrogen-bond acceptors (Lipinski definition) is 4. The normalized spacial score (nSPS) is 16.8. The number of carbonyl (C=O) groups is 1. The standard InChI is InChI=1S/C22H27F2N3O3S/c1-17(19-8-9-20(23)21(24)14-19)25(2)22(28)15-26-10-12-27(13-11-26)31(29,30)16-18-6-4-3-5-7-18/h3-9,14,17H,10-13,15-16H2,1-2H3. The van der Waals surface area contributed by atoms with Gasteiger partial charge in [0.15, 0.2) is 11.6 Å². The second-order valence-corrected chi connectivity index (χ2v) is 9.74. The Kier molecular flexibility index (Phi) is 7.40. The van der Waals surface area contributed by atoms with Crippen molar-refractivity contribution in [1.82, 2.24) is 14.1 Å². The fourth-order valence-corrected chi connectivity index (χ4v) is 5.07. The maximum absolute atomic E-state index is 13.5. The smallest absolute Gasteiger partial charge is 0.236 e. The maximum Gasteiger partial charge on any atom is 0.236 e. The van der Waals surface area contributed by atoms with Crippen LogP contribution in [0.5, 0.6) is 0 Å². The van der Waals surface area contributed by atoms with E-state index in [4.69, 9.17) is 0 Å². The van der Waals surface area contributed by atoms with Gasteiger partial charge in [-0.2, -0.15) is 4.31 Å². The van der Waals surface area contributed by atoms with Crippen LogP contribution in [0.4, 0.5) is 8.78 Å². The van der Waals surface area contributed by atoms with Crippen LogP contribution in [0.25, 0.3) is 0 Å². The van der Waals surface area contributed by atoms with Crippen molar-refractivity contribution in [2.24, 2.45) is 0 Å². The molecule has 1 amide bonds. The molecular formula is C22H27F2N3O3S. The number of halogens is 2. The third kappa shape index (κ3) is 5.87. The molecule has 0 N–H and O–H groups in total. The molecule has 0 saturated carbocycles. The van der Waals surface area contributed by atoms with Gasteiger partial charge in [0, 0.05) is 33.2 Å². The van der Waals surface area contributed by atoms with E-state index in [-0.39, 0.29) is 18.2 Å². The van der Waals surface area contributed by atoms with E-state index in [0.717, 1.165) is 17.7 Å². The first-order chi connectivity index (χ1) is 14.7. The zero-order valence-corrected chi connectivity index (χ0v) is 18.5. The molecule has 1 atom stereocenters. The molecule has 1 saturated heterocycles. The van der Waals surface area contributed by atoms with Crippen molar-refractivity contribution in [2.45, 2.75) is 18.7 Å². The number of likely N-dealkylation sites (N-methyl/N-ethyl adjacent to an activating group) is 1. The highest BCUT2D eigenvalue weighted by molar-refractivity contribution is 7.88. The van der Waals surface area contributed by atoms with Gasteiger partial charge in [0.05, 0.1) is 18.3 Å². The van der Waals surface area contributed by atoms with Gasteiger partial charge in [-0.15, -0.1) is 0 Å². The van der Waals surface area contributed by atoms with Crippen molar-refractivity contribution >= 4 is 15.9 Å². The summed E-state index contributed by atoms with van der Waals surface area (Å²) >= 11 is 0. The van der Waals surface area contributed by atoms with Crippen molar-refractivity contribution in [2.75, 3.05) is 39.8 Å². The summed E-state index contributed by atoms with van der Waals surface area (Å²) in [4.78, 5) is 16.1. The highest BCUT2D eigenvalue weighted by Gasteiger charge is 2.29. The Morgan fingerprint density at radius 3 is 2.29 bits per heavy atom. The molecule has 1 heterocycles. The number of carbonyl (C=O) groups excluding carboxylic acids is 1. The van der Waals surface area contributed by atoms with E-state index >= 15 is 0 Å². The lowest BCUT2D eigenvalue weighted by atomic mass is 10.1. The van der Waals surface area contributed by atoms with Crippen LogP contribution < -0.4 is 0 Å². The molecule has 0 bridgehead atoms. The zero-order chi connectivity index (χ0) is 22.6. The van der Waals surface area contributed by atoms with Gasteiger partial charge in [-0.25, -0.2) is 17.2 Å². The average molecular weight is 452 g/mol. The molecule has 0 aromatic heterocycles. The molecule has 6 nitrogen and oxygen atoms in total. The molecule has 1 fully saturated rings. The largest absolute Gasteiger partial charge is 0.338 e. The predicted octanol–water partition coefficient (Wildman–Crippen LogP) is 2.63. The first-order valence-electron chi connectivity index (χ1n) is 10.1. The average Bonchev–Trinajstić information content (AvgIpc) is 2.75. The Balaban J connectivity index is 1.52. The van der Waals surface area contributed by atoms with Crippen LogP contribution in [0, 0.1) is 11.6 Å². The number of amides is 1. The van der Waals surface area contributed by atoms with Gasteiger partial charge >= 0.3 is 0 Å².